The van der Waals surface area contributed by atoms with E-state index < -0.39 is 0 Å². The average molecular weight is 294 g/mol. The molecule has 1 N–H and O–H groups in total. The standard InChI is InChI=1S/C15H26N4O2/c1-12(20)18-6-8-19(9-7-18)15(21)11-17-5-4-13-2-3-14(10-17)16-13/h13-14,16H,2-11H2,1H3. The fourth-order valence-corrected chi connectivity index (χ4v) is 3.72. The van der Waals surface area contributed by atoms with Gasteiger partial charge in [-0.1, -0.05) is 0 Å². The fraction of sp³-hybridized carbons (Fsp3) is 0.867. The average Bonchev–Trinajstić information content (AvgIpc) is 2.81. The van der Waals surface area contributed by atoms with Gasteiger partial charge in [0.15, 0.2) is 0 Å². The van der Waals surface area contributed by atoms with Gasteiger partial charge in [-0.2, -0.15) is 0 Å². The molecule has 0 saturated carbocycles. The van der Waals surface area contributed by atoms with Crippen molar-refractivity contribution in [3.05, 3.63) is 0 Å². The molecule has 21 heavy (non-hydrogen) atoms. The molecule has 3 aliphatic heterocycles. The summed E-state index contributed by atoms with van der Waals surface area (Å²) in [5.41, 5.74) is 0. The quantitative estimate of drug-likeness (QED) is 0.746. The fourth-order valence-electron chi connectivity index (χ4n) is 3.72. The topological polar surface area (TPSA) is 55.9 Å². The van der Waals surface area contributed by atoms with E-state index in [9.17, 15) is 9.59 Å². The van der Waals surface area contributed by atoms with Crippen LogP contribution in [-0.4, -0.2) is 84.4 Å². The maximum Gasteiger partial charge on any atom is 0.236 e. The Bertz CT molecular complexity index is 406. The Kier molecular flexibility index (Phi) is 4.45. The molecule has 3 aliphatic rings. The SMILES string of the molecule is CC(=O)N1CCN(C(=O)CN2CCC3CCC(C2)N3)CC1. The first-order chi connectivity index (χ1) is 10.1. The highest BCUT2D eigenvalue weighted by molar-refractivity contribution is 5.79. The van der Waals surface area contributed by atoms with Crippen molar-refractivity contribution in [2.45, 2.75) is 38.3 Å². The zero-order valence-corrected chi connectivity index (χ0v) is 12.9. The number of nitrogens with zero attached hydrogens (tertiary/aromatic N) is 3. The van der Waals surface area contributed by atoms with Crippen molar-refractivity contribution >= 4 is 11.8 Å². The van der Waals surface area contributed by atoms with Crippen molar-refractivity contribution in [1.82, 2.24) is 20.0 Å². The number of rotatable bonds is 2. The van der Waals surface area contributed by atoms with E-state index in [1.54, 1.807) is 6.92 Å². The molecule has 0 aromatic rings. The van der Waals surface area contributed by atoms with Crippen molar-refractivity contribution in [3.8, 4) is 0 Å². The summed E-state index contributed by atoms with van der Waals surface area (Å²) in [6.07, 6.45) is 3.69. The van der Waals surface area contributed by atoms with Gasteiger partial charge in [0.25, 0.3) is 0 Å². The van der Waals surface area contributed by atoms with Crippen LogP contribution in [0, 0.1) is 0 Å². The lowest BCUT2D eigenvalue weighted by molar-refractivity contribution is -0.139. The van der Waals surface area contributed by atoms with E-state index in [1.807, 2.05) is 9.80 Å². The minimum atomic E-state index is 0.108. The van der Waals surface area contributed by atoms with Crippen molar-refractivity contribution in [2.24, 2.45) is 0 Å². The predicted octanol–water partition coefficient (Wildman–Crippen LogP) is -0.497. The Balaban J connectivity index is 1.47. The van der Waals surface area contributed by atoms with Crippen molar-refractivity contribution < 1.29 is 9.59 Å². The van der Waals surface area contributed by atoms with Crippen molar-refractivity contribution in [1.29, 1.82) is 0 Å². The first-order valence-electron chi connectivity index (χ1n) is 8.13. The van der Waals surface area contributed by atoms with E-state index in [2.05, 4.69) is 10.2 Å². The van der Waals surface area contributed by atoms with Gasteiger partial charge in [0, 0.05) is 58.3 Å². The minimum absolute atomic E-state index is 0.108. The van der Waals surface area contributed by atoms with E-state index in [4.69, 9.17) is 0 Å². The number of nitrogens with one attached hydrogen (secondary N) is 1. The Morgan fingerprint density at radius 1 is 0.952 bits per heavy atom. The summed E-state index contributed by atoms with van der Waals surface area (Å²) in [5.74, 6) is 0.327. The number of fused-ring (bicyclic) bond motifs is 2. The zero-order chi connectivity index (χ0) is 14.8. The third-order valence-electron chi connectivity index (χ3n) is 5.04. The van der Waals surface area contributed by atoms with Gasteiger partial charge >= 0.3 is 0 Å². The van der Waals surface area contributed by atoms with E-state index in [0.29, 0.717) is 44.8 Å². The lowest BCUT2D eigenvalue weighted by atomic mass is 10.1. The molecule has 3 fully saturated rings. The van der Waals surface area contributed by atoms with Gasteiger partial charge in [-0.05, 0) is 19.3 Å². The number of carbonyl (C=O) groups excluding carboxylic acids is 2. The number of hydrogen-bond acceptors (Lipinski definition) is 4. The van der Waals surface area contributed by atoms with Crippen LogP contribution in [0.25, 0.3) is 0 Å². The predicted molar refractivity (Wildman–Crippen MR) is 79.8 cm³/mol. The Hall–Kier alpha value is -1.14. The zero-order valence-electron chi connectivity index (χ0n) is 12.9. The van der Waals surface area contributed by atoms with E-state index in [-0.39, 0.29) is 11.8 Å². The van der Waals surface area contributed by atoms with Gasteiger partial charge in [0.2, 0.25) is 11.8 Å². The second-order valence-electron chi connectivity index (χ2n) is 6.55. The number of carbonyl (C=O) groups is 2. The van der Waals surface area contributed by atoms with Gasteiger partial charge < -0.3 is 15.1 Å². The van der Waals surface area contributed by atoms with Crippen LogP contribution in [0.1, 0.15) is 26.2 Å². The molecular formula is C15H26N4O2. The number of likely N-dealkylation sites (tertiary alicyclic amines) is 1. The first kappa shape index (κ1) is 14.8. The highest BCUT2D eigenvalue weighted by Crippen LogP contribution is 2.20. The Labute approximate surface area is 126 Å². The summed E-state index contributed by atoms with van der Waals surface area (Å²) in [6, 6.07) is 1.23. The van der Waals surface area contributed by atoms with E-state index >= 15 is 0 Å². The largest absolute Gasteiger partial charge is 0.339 e. The number of piperazine rings is 1. The summed E-state index contributed by atoms with van der Waals surface area (Å²) < 4.78 is 0. The molecule has 6 heteroatoms. The molecule has 2 unspecified atom stereocenters. The Morgan fingerprint density at radius 2 is 1.62 bits per heavy atom. The third-order valence-corrected chi connectivity index (χ3v) is 5.04. The first-order valence-corrected chi connectivity index (χ1v) is 8.13. The van der Waals surface area contributed by atoms with Gasteiger partial charge in [-0.15, -0.1) is 0 Å². The molecule has 6 nitrogen and oxygen atoms in total. The summed E-state index contributed by atoms with van der Waals surface area (Å²) in [7, 11) is 0. The molecular weight excluding hydrogens is 268 g/mol. The van der Waals surface area contributed by atoms with Crippen molar-refractivity contribution in [2.75, 3.05) is 45.8 Å². The molecule has 2 amide bonds. The summed E-state index contributed by atoms with van der Waals surface area (Å²) in [6.45, 7) is 6.85. The van der Waals surface area contributed by atoms with Crippen LogP contribution in [0.5, 0.6) is 0 Å². The lowest BCUT2D eigenvalue weighted by Crippen LogP contribution is -2.52. The maximum atomic E-state index is 12.4. The summed E-state index contributed by atoms with van der Waals surface area (Å²) in [4.78, 5) is 29.8. The van der Waals surface area contributed by atoms with Crippen LogP contribution in [0.3, 0.4) is 0 Å². The molecule has 0 aromatic heterocycles. The van der Waals surface area contributed by atoms with Crippen LogP contribution in [0.15, 0.2) is 0 Å². The minimum Gasteiger partial charge on any atom is -0.339 e. The molecule has 3 rings (SSSR count). The van der Waals surface area contributed by atoms with E-state index in [0.717, 1.165) is 19.5 Å². The van der Waals surface area contributed by atoms with Gasteiger partial charge in [-0.25, -0.2) is 0 Å². The second-order valence-corrected chi connectivity index (χ2v) is 6.55. The van der Waals surface area contributed by atoms with Crippen LogP contribution in [0.4, 0.5) is 0 Å². The van der Waals surface area contributed by atoms with Crippen LogP contribution in [0.2, 0.25) is 0 Å². The molecule has 118 valence electrons. The van der Waals surface area contributed by atoms with Crippen LogP contribution < -0.4 is 5.32 Å². The van der Waals surface area contributed by atoms with Crippen LogP contribution in [-0.2, 0) is 9.59 Å². The third kappa shape index (κ3) is 3.55. The lowest BCUT2D eigenvalue weighted by Gasteiger charge is -2.35. The van der Waals surface area contributed by atoms with Crippen molar-refractivity contribution in [3.63, 3.8) is 0 Å². The van der Waals surface area contributed by atoms with Gasteiger partial charge in [-0.3, -0.25) is 14.5 Å². The molecule has 0 aliphatic carbocycles. The van der Waals surface area contributed by atoms with Gasteiger partial charge in [0.1, 0.15) is 0 Å². The summed E-state index contributed by atoms with van der Waals surface area (Å²) in [5, 5.41) is 3.64. The highest BCUT2D eigenvalue weighted by atomic mass is 16.2. The monoisotopic (exact) mass is 294 g/mol. The molecule has 0 spiro atoms. The molecule has 0 aromatic carbocycles. The maximum absolute atomic E-state index is 12.4. The molecule has 3 saturated heterocycles. The number of amides is 2. The number of hydrogen-bond donors (Lipinski definition) is 1. The van der Waals surface area contributed by atoms with Crippen LogP contribution >= 0.6 is 0 Å². The molecule has 3 heterocycles. The smallest absolute Gasteiger partial charge is 0.236 e. The molecule has 2 bridgehead atoms. The second kappa shape index (κ2) is 6.32. The molecule has 2 atom stereocenters. The molecule has 0 radical (unpaired) electrons. The summed E-state index contributed by atoms with van der Waals surface area (Å²) >= 11 is 0. The van der Waals surface area contributed by atoms with Gasteiger partial charge in [0.05, 0.1) is 6.54 Å². The highest BCUT2D eigenvalue weighted by Gasteiger charge is 2.31. The Morgan fingerprint density at radius 3 is 2.33 bits per heavy atom. The normalized spacial score (nSPS) is 30.3. The van der Waals surface area contributed by atoms with E-state index in [1.165, 1.54) is 12.8 Å².